The topological polar surface area (TPSA) is 55.1 Å². The molecule has 0 spiro atoms. The summed E-state index contributed by atoms with van der Waals surface area (Å²) in [7, 11) is 0. The van der Waals surface area contributed by atoms with Gasteiger partial charge in [-0.2, -0.15) is 0 Å². The van der Waals surface area contributed by atoms with Gasteiger partial charge in [0.15, 0.2) is 0 Å². The molecule has 0 saturated carbocycles. The van der Waals surface area contributed by atoms with E-state index in [1.807, 2.05) is 6.92 Å². The van der Waals surface area contributed by atoms with Crippen LogP contribution in [-0.2, 0) is 4.79 Å². The summed E-state index contributed by atoms with van der Waals surface area (Å²) in [6.45, 7) is 9.43. The second-order valence-corrected chi connectivity index (χ2v) is 5.48. The molecule has 20 heavy (non-hydrogen) atoms. The van der Waals surface area contributed by atoms with Gasteiger partial charge in [-0.3, -0.25) is 4.79 Å². The van der Waals surface area contributed by atoms with Crippen molar-refractivity contribution in [2.75, 3.05) is 13.1 Å². The number of amides is 1. The summed E-state index contributed by atoms with van der Waals surface area (Å²) in [5.74, 6) is -0.0443. The molecule has 0 unspecified atom stereocenters. The fourth-order valence-corrected chi connectivity index (χ4v) is 1.78. The van der Waals surface area contributed by atoms with Crippen LogP contribution < -0.4 is 11.1 Å². The zero-order valence-electron chi connectivity index (χ0n) is 13.5. The van der Waals surface area contributed by atoms with E-state index >= 15 is 0 Å². The van der Waals surface area contributed by atoms with Crippen molar-refractivity contribution in [3.8, 4) is 0 Å². The second kappa shape index (κ2) is 11.5. The molecule has 0 aliphatic rings. The lowest BCUT2D eigenvalue weighted by Crippen LogP contribution is -2.27. The van der Waals surface area contributed by atoms with Gasteiger partial charge in [-0.05, 0) is 53.4 Å². The van der Waals surface area contributed by atoms with Crippen molar-refractivity contribution in [3.05, 3.63) is 34.9 Å². The SMILES string of the molecule is CC(C)=CCC/C(C)=C/CC/C(C)=C/C(=O)NCCN. The van der Waals surface area contributed by atoms with E-state index in [9.17, 15) is 4.79 Å². The van der Waals surface area contributed by atoms with Crippen LogP contribution in [0.1, 0.15) is 53.4 Å². The van der Waals surface area contributed by atoms with Crippen molar-refractivity contribution >= 4 is 5.91 Å². The predicted octanol–water partition coefficient (Wildman–Crippen LogP) is 3.48. The van der Waals surface area contributed by atoms with Gasteiger partial charge in [-0.25, -0.2) is 0 Å². The normalized spacial score (nSPS) is 12.2. The minimum absolute atomic E-state index is 0.0443. The molecule has 0 aliphatic carbocycles. The van der Waals surface area contributed by atoms with E-state index in [1.165, 1.54) is 11.1 Å². The molecule has 0 aromatic heterocycles. The van der Waals surface area contributed by atoms with Gasteiger partial charge in [0.05, 0.1) is 0 Å². The Kier molecular flexibility index (Phi) is 10.7. The van der Waals surface area contributed by atoms with Crippen LogP contribution in [0.4, 0.5) is 0 Å². The average molecular weight is 278 g/mol. The quantitative estimate of drug-likeness (QED) is 0.501. The van der Waals surface area contributed by atoms with E-state index in [0.717, 1.165) is 31.3 Å². The van der Waals surface area contributed by atoms with Crippen LogP contribution in [0, 0.1) is 0 Å². The Morgan fingerprint density at radius 3 is 2.20 bits per heavy atom. The number of carbonyl (C=O) groups excluding carboxylic acids is 1. The van der Waals surface area contributed by atoms with Crippen molar-refractivity contribution in [1.29, 1.82) is 0 Å². The minimum Gasteiger partial charge on any atom is -0.351 e. The van der Waals surface area contributed by atoms with E-state index in [2.05, 4.69) is 38.2 Å². The lowest BCUT2D eigenvalue weighted by atomic mass is 10.1. The highest BCUT2D eigenvalue weighted by atomic mass is 16.1. The molecule has 1 amide bonds. The maximum absolute atomic E-state index is 11.4. The van der Waals surface area contributed by atoms with Gasteiger partial charge in [0.2, 0.25) is 5.91 Å². The number of hydrogen-bond acceptors (Lipinski definition) is 2. The Morgan fingerprint density at radius 1 is 1.00 bits per heavy atom. The predicted molar refractivity (Wildman–Crippen MR) is 87.5 cm³/mol. The third-order valence-electron chi connectivity index (χ3n) is 2.94. The largest absolute Gasteiger partial charge is 0.351 e. The number of carbonyl (C=O) groups is 1. The molecular formula is C17H30N2O. The number of rotatable bonds is 9. The summed E-state index contributed by atoms with van der Waals surface area (Å²) in [4.78, 5) is 11.4. The van der Waals surface area contributed by atoms with Crippen LogP contribution in [0.25, 0.3) is 0 Å². The number of nitrogens with two attached hydrogens (primary N) is 1. The van der Waals surface area contributed by atoms with E-state index < -0.39 is 0 Å². The van der Waals surface area contributed by atoms with Gasteiger partial charge < -0.3 is 11.1 Å². The highest BCUT2D eigenvalue weighted by Gasteiger charge is 1.97. The first kappa shape index (κ1) is 18.7. The molecular weight excluding hydrogens is 248 g/mol. The van der Waals surface area contributed by atoms with Gasteiger partial charge in [0.1, 0.15) is 0 Å². The fraction of sp³-hybridized carbons (Fsp3) is 0.588. The number of hydrogen-bond donors (Lipinski definition) is 2. The van der Waals surface area contributed by atoms with Gasteiger partial charge in [-0.15, -0.1) is 0 Å². The highest BCUT2D eigenvalue weighted by Crippen LogP contribution is 2.11. The fourth-order valence-electron chi connectivity index (χ4n) is 1.78. The van der Waals surface area contributed by atoms with Gasteiger partial charge in [0.25, 0.3) is 0 Å². The monoisotopic (exact) mass is 278 g/mol. The van der Waals surface area contributed by atoms with E-state index in [-0.39, 0.29) is 5.91 Å². The van der Waals surface area contributed by atoms with Crippen LogP contribution in [-0.4, -0.2) is 19.0 Å². The standard InChI is InChI=1S/C17H30N2O/c1-14(2)7-5-8-15(3)9-6-10-16(4)13-17(20)19-12-11-18/h7,9,13H,5-6,8,10-12,18H2,1-4H3,(H,19,20)/b15-9+,16-13+. The van der Waals surface area contributed by atoms with Crippen molar-refractivity contribution in [2.24, 2.45) is 5.73 Å². The Labute approximate surface area is 124 Å². The zero-order chi connectivity index (χ0) is 15.4. The lowest BCUT2D eigenvalue weighted by Gasteiger charge is -2.02. The average Bonchev–Trinajstić information content (AvgIpc) is 2.35. The van der Waals surface area contributed by atoms with Gasteiger partial charge >= 0.3 is 0 Å². The van der Waals surface area contributed by atoms with E-state index in [0.29, 0.717) is 13.1 Å². The first-order valence-electron chi connectivity index (χ1n) is 7.39. The smallest absolute Gasteiger partial charge is 0.243 e. The molecule has 3 N–H and O–H groups in total. The Morgan fingerprint density at radius 2 is 1.60 bits per heavy atom. The van der Waals surface area contributed by atoms with Crippen molar-refractivity contribution < 1.29 is 4.79 Å². The van der Waals surface area contributed by atoms with Crippen LogP contribution in [0.3, 0.4) is 0 Å². The molecule has 0 saturated heterocycles. The Bertz CT molecular complexity index is 374. The Hall–Kier alpha value is -1.35. The van der Waals surface area contributed by atoms with Crippen molar-refractivity contribution in [1.82, 2.24) is 5.32 Å². The third-order valence-corrected chi connectivity index (χ3v) is 2.94. The summed E-state index contributed by atoms with van der Waals surface area (Å²) in [5, 5.41) is 2.74. The molecule has 0 aromatic rings. The van der Waals surface area contributed by atoms with Crippen LogP contribution in [0.5, 0.6) is 0 Å². The molecule has 0 fully saturated rings. The Balaban J connectivity index is 3.99. The summed E-state index contributed by atoms with van der Waals surface area (Å²) < 4.78 is 0. The molecule has 3 heteroatoms. The van der Waals surface area contributed by atoms with E-state index in [4.69, 9.17) is 5.73 Å². The molecule has 114 valence electrons. The third kappa shape index (κ3) is 11.7. The molecule has 3 nitrogen and oxygen atoms in total. The minimum atomic E-state index is -0.0443. The summed E-state index contributed by atoms with van der Waals surface area (Å²) in [6, 6.07) is 0. The van der Waals surface area contributed by atoms with Crippen LogP contribution in [0.15, 0.2) is 34.9 Å². The molecule has 0 heterocycles. The molecule has 0 atom stereocenters. The van der Waals surface area contributed by atoms with Gasteiger partial charge in [0, 0.05) is 19.2 Å². The number of nitrogens with one attached hydrogen (secondary N) is 1. The summed E-state index contributed by atoms with van der Waals surface area (Å²) in [5.41, 5.74) is 9.23. The highest BCUT2D eigenvalue weighted by molar-refractivity contribution is 5.88. The maximum Gasteiger partial charge on any atom is 0.243 e. The van der Waals surface area contributed by atoms with Crippen LogP contribution in [0.2, 0.25) is 0 Å². The zero-order valence-corrected chi connectivity index (χ0v) is 13.5. The van der Waals surface area contributed by atoms with Crippen LogP contribution >= 0.6 is 0 Å². The van der Waals surface area contributed by atoms with Gasteiger partial charge in [-0.1, -0.05) is 28.9 Å². The molecule has 0 aliphatic heterocycles. The lowest BCUT2D eigenvalue weighted by molar-refractivity contribution is -0.116. The summed E-state index contributed by atoms with van der Waals surface area (Å²) >= 11 is 0. The molecule has 0 rings (SSSR count). The first-order valence-corrected chi connectivity index (χ1v) is 7.39. The molecule has 0 bridgehead atoms. The first-order chi connectivity index (χ1) is 9.45. The van der Waals surface area contributed by atoms with Crippen molar-refractivity contribution in [2.45, 2.75) is 53.4 Å². The molecule has 0 aromatic carbocycles. The maximum atomic E-state index is 11.4. The summed E-state index contributed by atoms with van der Waals surface area (Å²) in [6.07, 6.45) is 10.4. The second-order valence-electron chi connectivity index (χ2n) is 5.48. The van der Waals surface area contributed by atoms with Crippen molar-refractivity contribution in [3.63, 3.8) is 0 Å². The number of allylic oxidation sites excluding steroid dienone is 5. The molecule has 0 radical (unpaired) electrons. The van der Waals surface area contributed by atoms with E-state index in [1.54, 1.807) is 6.08 Å².